The minimum absolute atomic E-state index is 0.0124. The predicted molar refractivity (Wildman–Crippen MR) is 78.9 cm³/mol. The third-order valence-electron chi connectivity index (χ3n) is 4.09. The molecule has 5 nitrogen and oxygen atoms in total. The molecule has 5 heteroatoms. The first-order valence-electron chi connectivity index (χ1n) is 7.37. The Morgan fingerprint density at radius 2 is 1.95 bits per heavy atom. The number of aliphatic hydroxyl groups is 3. The van der Waals surface area contributed by atoms with Crippen LogP contribution in [0.2, 0.25) is 0 Å². The number of para-hydroxylation sites is 1. The molecule has 3 rings (SSSR count). The van der Waals surface area contributed by atoms with E-state index in [4.69, 9.17) is 4.74 Å². The van der Waals surface area contributed by atoms with E-state index in [2.05, 4.69) is 13.0 Å². The molecule has 2 aromatic rings. The van der Waals surface area contributed by atoms with Crippen LogP contribution in [0.1, 0.15) is 25.1 Å². The lowest BCUT2D eigenvalue weighted by Gasteiger charge is -2.36. The van der Waals surface area contributed by atoms with E-state index in [9.17, 15) is 15.3 Å². The van der Waals surface area contributed by atoms with Gasteiger partial charge in [0.25, 0.3) is 0 Å². The van der Waals surface area contributed by atoms with Crippen molar-refractivity contribution < 1.29 is 20.1 Å². The number of aryl methyl sites for hydroxylation is 1. The first-order chi connectivity index (χ1) is 10.1. The molecule has 3 N–H and O–H groups in total. The molecular weight excluding hydrogens is 270 g/mol. The smallest absolute Gasteiger partial charge is 0.162 e. The molecule has 1 aromatic carbocycles. The van der Waals surface area contributed by atoms with Crippen LogP contribution >= 0.6 is 0 Å². The highest BCUT2D eigenvalue weighted by atomic mass is 16.5. The van der Waals surface area contributed by atoms with Gasteiger partial charge >= 0.3 is 0 Å². The zero-order valence-corrected chi connectivity index (χ0v) is 12.0. The Bertz CT molecular complexity index is 624. The van der Waals surface area contributed by atoms with Gasteiger partial charge in [-0.25, -0.2) is 0 Å². The highest BCUT2D eigenvalue weighted by Gasteiger charge is 2.38. The number of aromatic nitrogens is 1. The van der Waals surface area contributed by atoms with E-state index in [1.165, 1.54) is 5.56 Å². The topological polar surface area (TPSA) is 74.9 Å². The maximum Gasteiger partial charge on any atom is 0.162 e. The number of nitrogens with zero attached hydrogens (tertiary/aromatic N) is 1. The normalized spacial score (nSPS) is 29.9. The molecule has 2 heterocycles. The molecule has 0 aliphatic carbocycles. The predicted octanol–water partition coefficient (Wildman–Crippen LogP) is 1.21. The fourth-order valence-corrected chi connectivity index (χ4v) is 2.99. The molecule has 0 radical (unpaired) electrons. The van der Waals surface area contributed by atoms with Crippen molar-refractivity contribution in [2.75, 3.05) is 6.61 Å². The van der Waals surface area contributed by atoms with Gasteiger partial charge in [-0.2, -0.15) is 0 Å². The first-order valence-corrected chi connectivity index (χ1v) is 7.37. The standard InChI is InChI=1S/C16H21NO4/c1-2-5-10-8-17(12-7-4-3-6-11(10)12)16-15(20)14(19)13(18)9-21-16/h3-4,6-8,13-16,18-20H,2,5,9H2,1H3. The fourth-order valence-electron chi connectivity index (χ4n) is 2.99. The zero-order valence-electron chi connectivity index (χ0n) is 12.0. The molecule has 1 saturated heterocycles. The largest absolute Gasteiger partial charge is 0.388 e. The van der Waals surface area contributed by atoms with Crippen LogP contribution in [0.25, 0.3) is 10.9 Å². The van der Waals surface area contributed by atoms with Crippen molar-refractivity contribution in [2.45, 2.75) is 44.3 Å². The zero-order chi connectivity index (χ0) is 15.0. The summed E-state index contributed by atoms with van der Waals surface area (Å²) in [6, 6.07) is 7.96. The van der Waals surface area contributed by atoms with Crippen molar-refractivity contribution in [1.82, 2.24) is 4.57 Å². The Balaban J connectivity index is 2.04. The van der Waals surface area contributed by atoms with Crippen LogP contribution in [0.15, 0.2) is 30.5 Å². The number of aliphatic hydroxyl groups excluding tert-OH is 3. The summed E-state index contributed by atoms with van der Waals surface area (Å²) in [5.41, 5.74) is 2.16. The van der Waals surface area contributed by atoms with E-state index in [-0.39, 0.29) is 6.61 Å². The highest BCUT2D eigenvalue weighted by Crippen LogP contribution is 2.31. The van der Waals surface area contributed by atoms with Crippen LogP contribution in [0.3, 0.4) is 0 Å². The molecule has 1 aliphatic heterocycles. The molecule has 4 atom stereocenters. The second kappa shape index (κ2) is 5.77. The summed E-state index contributed by atoms with van der Waals surface area (Å²) < 4.78 is 7.42. The van der Waals surface area contributed by atoms with E-state index in [0.29, 0.717) is 0 Å². The van der Waals surface area contributed by atoms with E-state index < -0.39 is 24.5 Å². The van der Waals surface area contributed by atoms with Gasteiger partial charge in [0.05, 0.1) is 12.1 Å². The van der Waals surface area contributed by atoms with Gasteiger partial charge in [0.2, 0.25) is 0 Å². The second-order valence-electron chi connectivity index (χ2n) is 5.60. The van der Waals surface area contributed by atoms with Crippen molar-refractivity contribution in [2.24, 2.45) is 0 Å². The summed E-state index contributed by atoms with van der Waals surface area (Å²) in [6.45, 7) is 2.14. The van der Waals surface area contributed by atoms with Crippen molar-refractivity contribution >= 4 is 10.9 Å². The summed E-state index contributed by atoms with van der Waals surface area (Å²) in [4.78, 5) is 0. The molecule has 0 bridgehead atoms. The van der Waals surface area contributed by atoms with Crippen LogP contribution in [0.4, 0.5) is 0 Å². The molecule has 21 heavy (non-hydrogen) atoms. The molecule has 1 fully saturated rings. The molecule has 0 amide bonds. The van der Waals surface area contributed by atoms with Gasteiger partial charge in [-0.1, -0.05) is 31.5 Å². The maximum absolute atomic E-state index is 10.2. The molecule has 0 spiro atoms. The van der Waals surface area contributed by atoms with E-state index in [1.807, 2.05) is 29.0 Å². The summed E-state index contributed by atoms with van der Waals surface area (Å²) in [5.74, 6) is 0. The number of ether oxygens (including phenoxy) is 1. The molecule has 114 valence electrons. The summed E-state index contributed by atoms with van der Waals surface area (Å²) >= 11 is 0. The first kappa shape index (κ1) is 14.5. The van der Waals surface area contributed by atoms with E-state index >= 15 is 0 Å². The van der Waals surface area contributed by atoms with Gasteiger partial charge in [0.1, 0.15) is 18.3 Å². The quantitative estimate of drug-likeness (QED) is 0.794. The minimum Gasteiger partial charge on any atom is -0.388 e. The Morgan fingerprint density at radius 1 is 1.19 bits per heavy atom. The number of hydrogen-bond acceptors (Lipinski definition) is 4. The second-order valence-corrected chi connectivity index (χ2v) is 5.60. The highest BCUT2D eigenvalue weighted by molar-refractivity contribution is 5.84. The Kier molecular flexibility index (Phi) is 3.99. The fraction of sp³-hybridized carbons (Fsp3) is 0.500. The van der Waals surface area contributed by atoms with Gasteiger partial charge < -0.3 is 24.6 Å². The minimum atomic E-state index is -1.19. The monoisotopic (exact) mass is 291 g/mol. The maximum atomic E-state index is 10.2. The van der Waals surface area contributed by atoms with Crippen molar-refractivity contribution in [3.63, 3.8) is 0 Å². The van der Waals surface area contributed by atoms with Gasteiger partial charge in [0.15, 0.2) is 6.23 Å². The van der Waals surface area contributed by atoms with Gasteiger partial charge in [-0.05, 0) is 18.1 Å². The lowest BCUT2D eigenvalue weighted by molar-refractivity contribution is -0.209. The summed E-state index contributed by atoms with van der Waals surface area (Å²) in [5, 5.41) is 30.8. The number of benzene rings is 1. The molecule has 0 saturated carbocycles. The van der Waals surface area contributed by atoms with Crippen LogP contribution in [-0.2, 0) is 11.2 Å². The summed E-state index contributed by atoms with van der Waals surface area (Å²) in [6.07, 6.45) is -0.122. The third-order valence-corrected chi connectivity index (χ3v) is 4.09. The average Bonchev–Trinajstić information content (AvgIpc) is 2.85. The van der Waals surface area contributed by atoms with Crippen molar-refractivity contribution in [1.29, 1.82) is 0 Å². The lowest BCUT2D eigenvalue weighted by atomic mass is 10.0. The van der Waals surface area contributed by atoms with Crippen molar-refractivity contribution in [3.8, 4) is 0 Å². The SMILES string of the molecule is CCCc1cn(C2OCC(O)C(O)C2O)c2ccccc12. The van der Waals surface area contributed by atoms with Crippen LogP contribution in [-0.4, -0.2) is 44.8 Å². The van der Waals surface area contributed by atoms with E-state index in [0.717, 1.165) is 23.7 Å². The molecule has 4 unspecified atom stereocenters. The van der Waals surface area contributed by atoms with E-state index in [1.54, 1.807) is 0 Å². The molecule has 1 aromatic heterocycles. The number of rotatable bonds is 3. The van der Waals surface area contributed by atoms with Crippen molar-refractivity contribution in [3.05, 3.63) is 36.0 Å². The average molecular weight is 291 g/mol. The molecular formula is C16H21NO4. The number of fused-ring (bicyclic) bond motifs is 1. The van der Waals surface area contributed by atoms with Crippen LogP contribution in [0, 0.1) is 0 Å². The summed E-state index contributed by atoms with van der Waals surface area (Å²) in [7, 11) is 0. The molecule has 1 aliphatic rings. The Morgan fingerprint density at radius 3 is 2.71 bits per heavy atom. The van der Waals surface area contributed by atoms with Gasteiger partial charge in [-0.15, -0.1) is 0 Å². The van der Waals surface area contributed by atoms with Gasteiger partial charge in [0, 0.05) is 11.6 Å². The lowest BCUT2D eigenvalue weighted by Crippen LogP contribution is -2.50. The van der Waals surface area contributed by atoms with Crippen LogP contribution in [0.5, 0.6) is 0 Å². The number of hydrogen-bond donors (Lipinski definition) is 3. The Labute approximate surface area is 123 Å². The third kappa shape index (κ3) is 2.46. The van der Waals surface area contributed by atoms with Gasteiger partial charge in [-0.3, -0.25) is 0 Å². The Hall–Kier alpha value is -1.40. The van der Waals surface area contributed by atoms with Crippen LogP contribution < -0.4 is 0 Å².